The van der Waals surface area contributed by atoms with E-state index in [-0.39, 0.29) is 5.41 Å². The first kappa shape index (κ1) is 18.6. The summed E-state index contributed by atoms with van der Waals surface area (Å²) in [4.78, 5) is 0. The van der Waals surface area contributed by atoms with Gasteiger partial charge in [-0.1, -0.05) is 89.4 Å². The summed E-state index contributed by atoms with van der Waals surface area (Å²) in [6.07, 6.45) is 6.28. The normalized spacial score (nSPS) is 13.0. The molecular weight excluding hydrogens is 292 g/mol. The van der Waals surface area contributed by atoms with Crippen LogP contribution in [0.5, 0.6) is 5.75 Å². The van der Waals surface area contributed by atoms with Crippen LogP contribution in [0.2, 0.25) is 0 Å². The Hall–Kier alpha value is -1.76. The molecule has 2 aromatic carbocycles. The number of para-hydroxylation sites is 1. The first-order chi connectivity index (χ1) is 11.5. The van der Waals surface area contributed by atoms with Crippen molar-refractivity contribution < 1.29 is 5.11 Å². The van der Waals surface area contributed by atoms with E-state index in [2.05, 4.69) is 52.0 Å². The summed E-state index contributed by atoms with van der Waals surface area (Å²) >= 11 is 0. The Kier molecular flexibility index (Phi) is 6.48. The van der Waals surface area contributed by atoms with Crippen LogP contribution >= 0.6 is 0 Å². The molecule has 1 unspecified atom stereocenters. The average molecular weight is 325 g/mol. The molecule has 0 fully saturated rings. The van der Waals surface area contributed by atoms with Crippen LogP contribution in [0.3, 0.4) is 0 Å². The monoisotopic (exact) mass is 324 g/mol. The van der Waals surface area contributed by atoms with Gasteiger partial charge in [-0.3, -0.25) is 0 Å². The second-order valence-electron chi connectivity index (χ2n) is 7.33. The zero-order valence-electron chi connectivity index (χ0n) is 15.7. The minimum atomic E-state index is -0.208. The van der Waals surface area contributed by atoms with E-state index in [1.165, 1.54) is 36.8 Å². The van der Waals surface area contributed by atoms with Gasteiger partial charge in [-0.25, -0.2) is 0 Å². The Morgan fingerprint density at radius 3 is 2.12 bits per heavy atom. The number of unbranched alkanes of at least 4 members (excludes halogenated alkanes) is 2. The summed E-state index contributed by atoms with van der Waals surface area (Å²) < 4.78 is 0. The molecule has 0 amide bonds. The van der Waals surface area contributed by atoms with Gasteiger partial charge in [0.25, 0.3) is 0 Å². The van der Waals surface area contributed by atoms with Crippen molar-refractivity contribution in [1.29, 1.82) is 0 Å². The molecule has 2 aromatic rings. The highest BCUT2D eigenvalue weighted by molar-refractivity contribution is 5.48. The molecule has 1 heteroatoms. The Morgan fingerprint density at radius 2 is 1.50 bits per heavy atom. The molecule has 0 saturated carbocycles. The quantitative estimate of drug-likeness (QED) is 0.530. The Morgan fingerprint density at radius 1 is 0.875 bits per heavy atom. The third-order valence-electron chi connectivity index (χ3n) is 5.30. The van der Waals surface area contributed by atoms with Crippen LogP contribution in [0.25, 0.3) is 0 Å². The van der Waals surface area contributed by atoms with E-state index < -0.39 is 0 Å². The molecule has 0 saturated heterocycles. The van der Waals surface area contributed by atoms with Gasteiger partial charge in [0, 0.05) is 11.0 Å². The summed E-state index contributed by atoms with van der Waals surface area (Å²) in [5.41, 5.74) is 3.58. The fourth-order valence-electron chi connectivity index (χ4n) is 3.79. The molecule has 0 aliphatic heterocycles. The van der Waals surface area contributed by atoms with Crippen LogP contribution in [0.1, 0.15) is 82.4 Å². The van der Waals surface area contributed by atoms with Gasteiger partial charge in [-0.05, 0) is 36.0 Å². The second-order valence-corrected chi connectivity index (χ2v) is 7.33. The van der Waals surface area contributed by atoms with E-state index in [0.29, 0.717) is 11.7 Å². The molecule has 24 heavy (non-hydrogen) atoms. The molecule has 0 spiro atoms. The summed E-state index contributed by atoms with van der Waals surface area (Å²) in [5.74, 6) is 0.981. The molecule has 0 radical (unpaired) electrons. The fourth-order valence-corrected chi connectivity index (χ4v) is 3.79. The predicted octanol–water partition coefficient (Wildman–Crippen LogP) is 6.79. The molecule has 1 nitrogen and oxygen atoms in total. The summed E-state index contributed by atoms with van der Waals surface area (Å²) in [6.45, 7) is 9.00. The Bertz CT molecular complexity index is 642. The molecular formula is C23H32O. The molecule has 0 aromatic heterocycles. The van der Waals surface area contributed by atoms with E-state index in [0.717, 1.165) is 12.0 Å². The van der Waals surface area contributed by atoms with Crippen molar-refractivity contribution in [2.75, 3.05) is 0 Å². The number of phenolic OH excluding ortho intramolecular Hbond substituents is 1. The topological polar surface area (TPSA) is 20.2 Å². The van der Waals surface area contributed by atoms with Crippen LogP contribution in [0, 0.1) is 0 Å². The molecule has 0 aliphatic carbocycles. The van der Waals surface area contributed by atoms with Crippen molar-refractivity contribution in [1.82, 2.24) is 0 Å². The van der Waals surface area contributed by atoms with E-state index in [9.17, 15) is 5.11 Å². The molecule has 1 N–H and O–H groups in total. The number of aromatic hydroxyl groups is 1. The van der Waals surface area contributed by atoms with Crippen LogP contribution in [0.4, 0.5) is 0 Å². The molecule has 0 bridgehead atoms. The zero-order valence-corrected chi connectivity index (χ0v) is 15.7. The van der Waals surface area contributed by atoms with Gasteiger partial charge in [-0.2, -0.15) is 0 Å². The third-order valence-corrected chi connectivity index (χ3v) is 5.30. The number of benzene rings is 2. The van der Waals surface area contributed by atoms with Crippen LogP contribution in [0.15, 0.2) is 48.5 Å². The fraction of sp³-hybridized carbons (Fsp3) is 0.478. The van der Waals surface area contributed by atoms with Gasteiger partial charge < -0.3 is 5.11 Å². The molecule has 2 rings (SSSR count). The SMILES string of the molecule is CCCCCC(CC)c1ccccc1C(C)(C)c1ccccc1O. The second kappa shape index (κ2) is 8.37. The van der Waals surface area contributed by atoms with Gasteiger partial charge in [0.05, 0.1) is 0 Å². The van der Waals surface area contributed by atoms with Crippen molar-refractivity contribution in [3.8, 4) is 5.75 Å². The van der Waals surface area contributed by atoms with Crippen molar-refractivity contribution in [2.24, 2.45) is 0 Å². The largest absolute Gasteiger partial charge is 0.508 e. The van der Waals surface area contributed by atoms with Gasteiger partial charge in [0.1, 0.15) is 5.75 Å². The highest BCUT2D eigenvalue weighted by atomic mass is 16.3. The zero-order chi connectivity index (χ0) is 17.6. The van der Waals surface area contributed by atoms with Crippen LogP contribution < -0.4 is 0 Å². The molecule has 1 atom stereocenters. The maximum absolute atomic E-state index is 10.4. The number of hydrogen-bond donors (Lipinski definition) is 1. The van der Waals surface area contributed by atoms with E-state index >= 15 is 0 Å². The Labute approximate surface area is 147 Å². The van der Waals surface area contributed by atoms with Crippen LogP contribution in [-0.4, -0.2) is 5.11 Å². The molecule has 0 aliphatic rings. The highest BCUT2D eigenvalue weighted by Gasteiger charge is 2.29. The van der Waals surface area contributed by atoms with Crippen molar-refractivity contribution in [3.63, 3.8) is 0 Å². The first-order valence-electron chi connectivity index (χ1n) is 9.40. The van der Waals surface area contributed by atoms with Crippen molar-refractivity contribution in [2.45, 2.75) is 71.1 Å². The first-order valence-corrected chi connectivity index (χ1v) is 9.40. The lowest BCUT2D eigenvalue weighted by Crippen LogP contribution is -2.22. The van der Waals surface area contributed by atoms with Gasteiger partial charge >= 0.3 is 0 Å². The van der Waals surface area contributed by atoms with Crippen molar-refractivity contribution in [3.05, 3.63) is 65.2 Å². The summed E-state index contributed by atoms with van der Waals surface area (Å²) in [5, 5.41) is 10.4. The molecule has 130 valence electrons. The number of hydrogen-bond acceptors (Lipinski definition) is 1. The average Bonchev–Trinajstić information content (AvgIpc) is 2.59. The van der Waals surface area contributed by atoms with Gasteiger partial charge in [0.15, 0.2) is 0 Å². The lowest BCUT2D eigenvalue weighted by atomic mass is 9.72. The summed E-state index contributed by atoms with van der Waals surface area (Å²) in [7, 11) is 0. The maximum Gasteiger partial charge on any atom is 0.119 e. The summed E-state index contributed by atoms with van der Waals surface area (Å²) in [6, 6.07) is 16.5. The smallest absolute Gasteiger partial charge is 0.119 e. The minimum Gasteiger partial charge on any atom is -0.508 e. The standard InChI is InChI=1S/C23H32O/c1-5-7-8-13-18(6-2)19-14-9-10-15-20(19)23(3,4)21-16-11-12-17-22(21)24/h9-12,14-18,24H,5-8,13H2,1-4H3. The van der Waals surface area contributed by atoms with Gasteiger partial charge in [-0.15, -0.1) is 0 Å². The van der Waals surface area contributed by atoms with Crippen molar-refractivity contribution >= 4 is 0 Å². The molecule has 0 heterocycles. The van der Waals surface area contributed by atoms with E-state index in [1.54, 1.807) is 6.07 Å². The maximum atomic E-state index is 10.4. The van der Waals surface area contributed by atoms with Crippen LogP contribution in [-0.2, 0) is 5.41 Å². The Balaban J connectivity index is 2.42. The lowest BCUT2D eigenvalue weighted by molar-refractivity contribution is 0.451. The number of rotatable bonds is 8. The van der Waals surface area contributed by atoms with E-state index in [1.807, 2.05) is 18.2 Å². The third kappa shape index (κ3) is 4.01. The van der Waals surface area contributed by atoms with E-state index in [4.69, 9.17) is 0 Å². The predicted molar refractivity (Wildman–Crippen MR) is 104 cm³/mol. The lowest BCUT2D eigenvalue weighted by Gasteiger charge is -2.31. The van der Waals surface area contributed by atoms with Gasteiger partial charge in [0.2, 0.25) is 0 Å². The highest BCUT2D eigenvalue weighted by Crippen LogP contribution is 2.41. The number of phenols is 1. The minimum absolute atomic E-state index is 0.208.